The van der Waals surface area contributed by atoms with E-state index in [2.05, 4.69) is 12.2 Å². The van der Waals surface area contributed by atoms with E-state index in [0.29, 0.717) is 0 Å². The molecule has 0 saturated carbocycles. The predicted molar refractivity (Wildman–Crippen MR) is 77.1 cm³/mol. The number of ketones is 1. The van der Waals surface area contributed by atoms with Crippen LogP contribution in [0.5, 0.6) is 0 Å². The van der Waals surface area contributed by atoms with Crippen LogP contribution in [0.25, 0.3) is 0 Å². The molecule has 0 aromatic heterocycles. The molecule has 1 aromatic rings. The largest absolute Gasteiger partial charge is 0.307 e. The third kappa shape index (κ3) is 4.79. The fourth-order valence-corrected chi connectivity index (χ4v) is 1.98. The molecule has 0 heterocycles. The van der Waals surface area contributed by atoms with E-state index < -0.39 is 0 Å². The minimum Gasteiger partial charge on any atom is -0.307 e. The molecule has 0 saturated heterocycles. The second-order valence-electron chi connectivity index (χ2n) is 4.89. The highest BCUT2D eigenvalue weighted by Crippen LogP contribution is 2.13. The third-order valence-electron chi connectivity index (χ3n) is 2.91. The average molecular weight is 268 g/mol. The van der Waals surface area contributed by atoms with Crippen molar-refractivity contribution in [2.24, 2.45) is 5.92 Å². The number of benzene rings is 1. The normalized spacial score (nSPS) is 12.7. The maximum Gasteiger partial charge on any atom is 0.152 e. The maximum absolute atomic E-state index is 12.1. The Bertz CT molecular complexity index is 373. The summed E-state index contributed by atoms with van der Waals surface area (Å²) in [5, 5.41) is 4.06. The molecule has 1 N–H and O–H groups in total. The Kier molecular flexibility index (Phi) is 6.37. The van der Waals surface area contributed by atoms with Gasteiger partial charge in [-0.2, -0.15) is 0 Å². The highest BCUT2D eigenvalue weighted by molar-refractivity contribution is 6.30. The Labute approximate surface area is 115 Å². The second kappa shape index (κ2) is 7.55. The van der Waals surface area contributed by atoms with E-state index in [4.69, 9.17) is 11.6 Å². The monoisotopic (exact) mass is 267 g/mol. The molecule has 3 heteroatoms. The van der Waals surface area contributed by atoms with Crippen LogP contribution in [0, 0.1) is 5.92 Å². The maximum atomic E-state index is 12.1. The fraction of sp³-hybridized carbons (Fsp3) is 0.533. The smallest absolute Gasteiger partial charge is 0.152 e. The first-order chi connectivity index (χ1) is 8.54. The third-order valence-corrected chi connectivity index (χ3v) is 3.16. The van der Waals surface area contributed by atoms with Crippen molar-refractivity contribution in [2.75, 3.05) is 6.54 Å². The molecule has 0 radical (unpaired) electrons. The summed E-state index contributed by atoms with van der Waals surface area (Å²) in [4.78, 5) is 12.1. The van der Waals surface area contributed by atoms with Crippen LogP contribution in [-0.4, -0.2) is 18.4 Å². The zero-order valence-corrected chi connectivity index (χ0v) is 12.1. The van der Waals surface area contributed by atoms with Crippen LogP contribution < -0.4 is 5.32 Å². The van der Waals surface area contributed by atoms with Crippen molar-refractivity contribution in [3.63, 3.8) is 0 Å². The molecule has 0 fully saturated rings. The van der Waals surface area contributed by atoms with Gasteiger partial charge in [0.25, 0.3) is 0 Å². The SMILES string of the molecule is CCCN[C@H](Cc1ccc(Cl)cc1)C(=O)C(C)C. The summed E-state index contributed by atoms with van der Waals surface area (Å²) in [6.07, 6.45) is 1.76. The van der Waals surface area contributed by atoms with E-state index in [0.717, 1.165) is 30.0 Å². The fourth-order valence-electron chi connectivity index (χ4n) is 1.85. The summed E-state index contributed by atoms with van der Waals surface area (Å²) in [6, 6.07) is 7.61. The molecule has 1 rings (SSSR count). The lowest BCUT2D eigenvalue weighted by molar-refractivity contribution is -0.123. The topological polar surface area (TPSA) is 29.1 Å². The summed E-state index contributed by atoms with van der Waals surface area (Å²) in [7, 11) is 0. The Balaban J connectivity index is 2.71. The molecule has 0 aliphatic heterocycles. The van der Waals surface area contributed by atoms with Crippen LogP contribution in [0.1, 0.15) is 32.8 Å². The van der Waals surface area contributed by atoms with Crippen LogP contribution in [0.3, 0.4) is 0 Å². The molecule has 0 amide bonds. The molecule has 0 unspecified atom stereocenters. The standard InChI is InChI=1S/C15H22ClNO/c1-4-9-17-14(15(18)11(2)3)10-12-5-7-13(16)8-6-12/h5-8,11,14,17H,4,9-10H2,1-3H3/t14-/m1/s1. The molecule has 0 bridgehead atoms. The quantitative estimate of drug-likeness (QED) is 0.820. The van der Waals surface area contributed by atoms with Crippen molar-refractivity contribution in [2.45, 2.75) is 39.7 Å². The summed E-state index contributed by atoms with van der Waals surface area (Å²) >= 11 is 5.86. The van der Waals surface area contributed by atoms with Gasteiger partial charge in [0.1, 0.15) is 0 Å². The van der Waals surface area contributed by atoms with Crippen molar-refractivity contribution in [1.29, 1.82) is 0 Å². The van der Waals surface area contributed by atoms with Gasteiger partial charge < -0.3 is 5.32 Å². The molecule has 100 valence electrons. The van der Waals surface area contributed by atoms with Crippen LogP contribution >= 0.6 is 11.6 Å². The van der Waals surface area contributed by atoms with Gasteiger partial charge >= 0.3 is 0 Å². The lowest BCUT2D eigenvalue weighted by Gasteiger charge is -2.19. The van der Waals surface area contributed by atoms with Gasteiger partial charge in [0.05, 0.1) is 6.04 Å². The first-order valence-electron chi connectivity index (χ1n) is 6.56. The number of hydrogen-bond donors (Lipinski definition) is 1. The predicted octanol–water partition coefficient (Wildman–Crippen LogP) is 3.48. The van der Waals surface area contributed by atoms with Crippen LogP contribution in [0.2, 0.25) is 5.02 Å². The van der Waals surface area contributed by atoms with E-state index in [1.165, 1.54) is 0 Å². The van der Waals surface area contributed by atoms with E-state index >= 15 is 0 Å². The van der Waals surface area contributed by atoms with Gasteiger partial charge in [0.2, 0.25) is 0 Å². The van der Waals surface area contributed by atoms with Crippen LogP contribution in [-0.2, 0) is 11.2 Å². The van der Waals surface area contributed by atoms with Gasteiger partial charge in [-0.15, -0.1) is 0 Å². The molecule has 0 spiro atoms. The Morgan fingerprint density at radius 2 is 1.89 bits per heavy atom. The molecular weight excluding hydrogens is 246 g/mol. The Morgan fingerprint density at radius 3 is 2.39 bits per heavy atom. The highest BCUT2D eigenvalue weighted by Gasteiger charge is 2.20. The van der Waals surface area contributed by atoms with Crippen LogP contribution in [0.15, 0.2) is 24.3 Å². The number of halogens is 1. The van der Waals surface area contributed by atoms with E-state index in [1.54, 1.807) is 0 Å². The lowest BCUT2D eigenvalue weighted by Crippen LogP contribution is -2.41. The summed E-state index contributed by atoms with van der Waals surface area (Å²) in [5.74, 6) is 0.338. The molecule has 18 heavy (non-hydrogen) atoms. The van der Waals surface area contributed by atoms with Gasteiger partial charge in [-0.25, -0.2) is 0 Å². The molecular formula is C15H22ClNO. The minimum absolute atomic E-state index is 0.0617. The van der Waals surface area contributed by atoms with E-state index in [1.807, 2.05) is 38.1 Å². The number of carbonyl (C=O) groups is 1. The molecule has 2 nitrogen and oxygen atoms in total. The van der Waals surface area contributed by atoms with E-state index in [-0.39, 0.29) is 17.7 Å². The second-order valence-corrected chi connectivity index (χ2v) is 5.33. The molecule has 0 aliphatic rings. The number of rotatable bonds is 7. The zero-order valence-electron chi connectivity index (χ0n) is 11.4. The Hall–Kier alpha value is -0.860. The molecule has 0 aliphatic carbocycles. The molecule has 1 aromatic carbocycles. The Morgan fingerprint density at radius 1 is 1.28 bits per heavy atom. The molecule has 1 atom stereocenters. The van der Waals surface area contributed by atoms with E-state index in [9.17, 15) is 4.79 Å². The number of nitrogens with one attached hydrogen (secondary N) is 1. The number of hydrogen-bond acceptors (Lipinski definition) is 2. The zero-order chi connectivity index (χ0) is 13.5. The number of carbonyl (C=O) groups excluding carboxylic acids is 1. The van der Waals surface area contributed by atoms with Crippen molar-refractivity contribution in [3.8, 4) is 0 Å². The summed E-state index contributed by atoms with van der Waals surface area (Å²) in [5.41, 5.74) is 1.14. The van der Waals surface area contributed by atoms with Crippen molar-refractivity contribution in [1.82, 2.24) is 5.32 Å². The van der Waals surface area contributed by atoms with Crippen molar-refractivity contribution < 1.29 is 4.79 Å². The van der Waals surface area contributed by atoms with Gasteiger partial charge in [0, 0.05) is 10.9 Å². The van der Waals surface area contributed by atoms with Crippen molar-refractivity contribution in [3.05, 3.63) is 34.9 Å². The van der Waals surface area contributed by atoms with Gasteiger partial charge in [-0.3, -0.25) is 4.79 Å². The van der Waals surface area contributed by atoms with Gasteiger partial charge in [-0.1, -0.05) is 44.5 Å². The van der Waals surface area contributed by atoms with Crippen LogP contribution in [0.4, 0.5) is 0 Å². The highest BCUT2D eigenvalue weighted by atomic mass is 35.5. The van der Waals surface area contributed by atoms with Gasteiger partial charge in [-0.05, 0) is 37.1 Å². The van der Waals surface area contributed by atoms with Crippen molar-refractivity contribution >= 4 is 17.4 Å². The first-order valence-corrected chi connectivity index (χ1v) is 6.94. The minimum atomic E-state index is -0.0916. The summed E-state index contributed by atoms with van der Waals surface area (Å²) in [6.45, 7) is 6.87. The lowest BCUT2D eigenvalue weighted by atomic mass is 9.95. The number of Topliss-reactive ketones (excluding diaryl/α,β-unsaturated/α-hetero) is 1. The van der Waals surface area contributed by atoms with Gasteiger partial charge in [0.15, 0.2) is 5.78 Å². The summed E-state index contributed by atoms with van der Waals surface area (Å²) < 4.78 is 0. The average Bonchev–Trinajstić information content (AvgIpc) is 2.35. The first kappa shape index (κ1) is 15.2.